The van der Waals surface area contributed by atoms with Crippen LogP contribution in [0.2, 0.25) is 0 Å². The lowest BCUT2D eigenvalue weighted by Gasteiger charge is -2.25. The molecule has 8 heteroatoms. The summed E-state index contributed by atoms with van der Waals surface area (Å²) in [4.78, 5) is 32.5. The predicted octanol–water partition coefficient (Wildman–Crippen LogP) is 3.05. The Labute approximate surface area is 175 Å². The van der Waals surface area contributed by atoms with Crippen LogP contribution in [0.4, 0.5) is 5.69 Å². The molecule has 1 aromatic heterocycles. The van der Waals surface area contributed by atoms with Gasteiger partial charge in [0.2, 0.25) is 6.23 Å². The summed E-state index contributed by atoms with van der Waals surface area (Å²) in [5.41, 5.74) is 2.32. The number of hydrogen-bond acceptors (Lipinski definition) is 5. The molecule has 7 nitrogen and oxygen atoms in total. The van der Waals surface area contributed by atoms with Gasteiger partial charge in [0.25, 0.3) is 5.56 Å². The van der Waals surface area contributed by atoms with Gasteiger partial charge in [0.05, 0.1) is 5.56 Å². The molecule has 148 valence electrons. The molecule has 4 rings (SSSR count). The molecule has 29 heavy (non-hydrogen) atoms. The van der Waals surface area contributed by atoms with Gasteiger partial charge in [0.1, 0.15) is 0 Å². The maximum absolute atomic E-state index is 12.8. The van der Waals surface area contributed by atoms with Crippen LogP contribution in [-0.2, 0) is 18.9 Å². The lowest BCUT2D eigenvalue weighted by atomic mass is 10.1. The van der Waals surface area contributed by atoms with Gasteiger partial charge in [-0.15, -0.1) is 0 Å². The normalized spacial score (nSPS) is 15.9. The van der Waals surface area contributed by atoms with Gasteiger partial charge in [-0.2, -0.15) is 0 Å². The number of aryl methyl sites for hydroxylation is 2. The maximum atomic E-state index is 12.8. The van der Waals surface area contributed by atoms with Crippen LogP contribution >= 0.6 is 15.9 Å². The number of nitrogens with zero attached hydrogens (tertiary/aromatic N) is 4. The minimum absolute atomic E-state index is 0.323. The number of oxime groups is 1. The second-order valence-electron chi connectivity index (χ2n) is 6.93. The topological polar surface area (TPSA) is 68.8 Å². The van der Waals surface area contributed by atoms with Crippen LogP contribution in [0.5, 0.6) is 0 Å². The van der Waals surface area contributed by atoms with Gasteiger partial charge in [0.15, 0.2) is 5.84 Å². The summed E-state index contributed by atoms with van der Waals surface area (Å²) in [5.74, 6) is 0.591. The number of aromatic nitrogens is 2. The van der Waals surface area contributed by atoms with E-state index in [2.05, 4.69) is 21.1 Å². The van der Waals surface area contributed by atoms with Gasteiger partial charge in [-0.3, -0.25) is 14.3 Å². The van der Waals surface area contributed by atoms with Crippen LogP contribution in [-0.4, -0.2) is 15.0 Å². The number of benzene rings is 2. The van der Waals surface area contributed by atoms with Crippen molar-refractivity contribution in [3.05, 3.63) is 96.7 Å². The third-order valence-electron chi connectivity index (χ3n) is 4.86. The molecule has 0 fully saturated rings. The van der Waals surface area contributed by atoms with Crippen LogP contribution in [0.15, 0.2) is 73.9 Å². The van der Waals surface area contributed by atoms with Crippen LogP contribution in [0.1, 0.15) is 22.9 Å². The summed E-state index contributed by atoms with van der Waals surface area (Å²) in [7, 11) is 3.06. The molecule has 0 aliphatic carbocycles. The first kappa shape index (κ1) is 19.2. The van der Waals surface area contributed by atoms with Gasteiger partial charge in [-0.05, 0) is 31.2 Å². The Kier molecular flexibility index (Phi) is 4.87. The molecule has 0 amide bonds. The molecule has 2 heterocycles. The van der Waals surface area contributed by atoms with E-state index >= 15 is 0 Å². The Bertz CT molecular complexity index is 1210. The van der Waals surface area contributed by atoms with Gasteiger partial charge in [-0.1, -0.05) is 50.9 Å². The van der Waals surface area contributed by atoms with Crippen molar-refractivity contribution in [2.45, 2.75) is 13.2 Å². The Hall–Kier alpha value is -3.13. The number of anilines is 1. The standard InChI is InChI=1S/C21H19BrN4O3/c1-13-4-6-14(7-5-13)18-23-29-20(26(18)16-10-8-15(22)9-11-16)17-12-24(2)21(28)25(3)19(17)27/h4-12,20H,1-3H3. The molecule has 0 spiro atoms. The zero-order valence-electron chi connectivity index (χ0n) is 16.2. The first-order valence-electron chi connectivity index (χ1n) is 8.99. The summed E-state index contributed by atoms with van der Waals surface area (Å²) in [5, 5.41) is 4.29. The lowest BCUT2D eigenvalue weighted by Crippen LogP contribution is -2.42. The number of rotatable bonds is 3. The zero-order chi connectivity index (χ0) is 20.7. The van der Waals surface area contributed by atoms with E-state index in [9.17, 15) is 9.59 Å². The highest BCUT2D eigenvalue weighted by Gasteiger charge is 2.36. The first-order valence-corrected chi connectivity index (χ1v) is 9.78. The van der Waals surface area contributed by atoms with Gasteiger partial charge in [0, 0.05) is 36.0 Å². The van der Waals surface area contributed by atoms with Gasteiger partial charge in [-0.25, -0.2) is 4.79 Å². The fourth-order valence-electron chi connectivity index (χ4n) is 3.26. The van der Waals surface area contributed by atoms with Crippen LogP contribution in [0, 0.1) is 6.92 Å². The fourth-order valence-corrected chi connectivity index (χ4v) is 3.52. The largest absolute Gasteiger partial charge is 0.363 e. The summed E-state index contributed by atoms with van der Waals surface area (Å²) in [6.45, 7) is 2.01. The Morgan fingerprint density at radius 3 is 2.31 bits per heavy atom. The summed E-state index contributed by atoms with van der Waals surface area (Å²) >= 11 is 3.45. The average molecular weight is 455 g/mol. The number of amidine groups is 1. The van der Waals surface area contributed by atoms with E-state index in [1.165, 1.54) is 17.8 Å². The highest BCUT2D eigenvalue weighted by molar-refractivity contribution is 9.10. The van der Waals surface area contributed by atoms with Crippen molar-refractivity contribution in [2.75, 3.05) is 4.90 Å². The van der Waals surface area contributed by atoms with Crippen molar-refractivity contribution in [2.24, 2.45) is 19.3 Å². The Balaban J connectivity index is 1.87. The predicted molar refractivity (Wildman–Crippen MR) is 115 cm³/mol. The van der Waals surface area contributed by atoms with Crippen molar-refractivity contribution in [1.82, 2.24) is 9.13 Å². The van der Waals surface area contributed by atoms with Crippen molar-refractivity contribution >= 4 is 27.5 Å². The highest BCUT2D eigenvalue weighted by atomic mass is 79.9. The number of hydrogen-bond donors (Lipinski definition) is 0. The lowest BCUT2D eigenvalue weighted by molar-refractivity contribution is 0.0847. The van der Waals surface area contributed by atoms with E-state index in [0.717, 1.165) is 25.9 Å². The average Bonchev–Trinajstić information content (AvgIpc) is 3.15. The van der Waals surface area contributed by atoms with Gasteiger partial charge < -0.3 is 9.40 Å². The molecule has 3 aromatic rings. The van der Waals surface area contributed by atoms with Crippen LogP contribution in [0.3, 0.4) is 0 Å². The molecule has 1 aliphatic rings. The molecule has 1 unspecified atom stereocenters. The zero-order valence-corrected chi connectivity index (χ0v) is 17.8. The van der Waals surface area contributed by atoms with E-state index in [1.54, 1.807) is 7.05 Å². The van der Waals surface area contributed by atoms with E-state index in [1.807, 2.05) is 60.4 Å². The molecular formula is C21H19BrN4O3. The first-order chi connectivity index (χ1) is 13.9. The summed E-state index contributed by atoms with van der Waals surface area (Å²) in [6.07, 6.45) is 0.715. The van der Waals surface area contributed by atoms with Crippen LogP contribution in [0.25, 0.3) is 0 Å². The third-order valence-corrected chi connectivity index (χ3v) is 5.38. The SMILES string of the molecule is Cc1ccc(C2=NOC(c3cn(C)c(=O)n(C)c3=O)N2c2ccc(Br)cc2)cc1. The smallest absolute Gasteiger partial charge is 0.330 e. The molecule has 0 saturated carbocycles. The second kappa shape index (κ2) is 7.36. The molecular weight excluding hydrogens is 436 g/mol. The van der Waals surface area contributed by atoms with E-state index in [-0.39, 0.29) is 0 Å². The monoisotopic (exact) mass is 454 g/mol. The fraction of sp³-hybridized carbons (Fsp3) is 0.190. The quantitative estimate of drug-likeness (QED) is 0.609. The molecule has 1 aliphatic heterocycles. The van der Waals surface area contributed by atoms with Crippen molar-refractivity contribution < 1.29 is 4.84 Å². The molecule has 0 radical (unpaired) electrons. The molecule has 0 N–H and O–H groups in total. The second-order valence-corrected chi connectivity index (χ2v) is 7.84. The minimum atomic E-state index is -0.794. The van der Waals surface area contributed by atoms with E-state index < -0.39 is 17.5 Å². The molecule has 1 atom stereocenters. The van der Waals surface area contributed by atoms with E-state index in [4.69, 9.17) is 4.84 Å². The van der Waals surface area contributed by atoms with Crippen LogP contribution < -0.4 is 16.1 Å². The summed E-state index contributed by atoms with van der Waals surface area (Å²) < 4.78 is 3.37. The maximum Gasteiger partial charge on any atom is 0.330 e. The summed E-state index contributed by atoms with van der Waals surface area (Å²) in [6, 6.07) is 15.6. The Morgan fingerprint density at radius 1 is 1.00 bits per heavy atom. The Morgan fingerprint density at radius 2 is 1.66 bits per heavy atom. The van der Waals surface area contributed by atoms with Crippen molar-refractivity contribution in [1.29, 1.82) is 0 Å². The molecule has 0 saturated heterocycles. The third kappa shape index (κ3) is 3.40. The van der Waals surface area contributed by atoms with Gasteiger partial charge >= 0.3 is 5.69 Å². The number of halogens is 1. The molecule has 2 aromatic carbocycles. The minimum Gasteiger partial charge on any atom is -0.363 e. The molecule has 0 bridgehead atoms. The van der Waals surface area contributed by atoms with E-state index in [0.29, 0.717) is 11.4 Å². The highest BCUT2D eigenvalue weighted by Crippen LogP contribution is 2.34. The van der Waals surface area contributed by atoms with Crippen molar-refractivity contribution in [3.63, 3.8) is 0 Å². The van der Waals surface area contributed by atoms with Crippen molar-refractivity contribution in [3.8, 4) is 0 Å².